The van der Waals surface area contributed by atoms with Crippen LogP contribution in [0, 0.1) is 6.92 Å². The van der Waals surface area contributed by atoms with Gasteiger partial charge in [-0.15, -0.1) is 0 Å². The fraction of sp³-hybridized carbons (Fsp3) is 0.409. The van der Waals surface area contributed by atoms with Crippen LogP contribution < -0.4 is 15.0 Å². The highest BCUT2D eigenvalue weighted by atomic mass is 79.9. The molecule has 2 aromatic rings. The van der Waals surface area contributed by atoms with Crippen molar-refractivity contribution >= 4 is 50.9 Å². The summed E-state index contributed by atoms with van der Waals surface area (Å²) in [6, 6.07) is 8.90. The number of carbonyl (C=O) groups is 3. The fourth-order valence-electron chi connectivity index (χ4n) is 4.14. The van der Waals surface area contributed by atoms with E-state index >= 15 is 0 Å². The van der Waals surface area contributed by atoms with Gasteiger partial charge in [0.25, 0.3) is 5.91 Å². The Bertz CT molecular complexity index is 1020. The van der Waals surface area contributed by atoms with Crippen LogP contribution in [0.3, 0.4) is 0 Å². The predicted molar refractivity (Wildman–Crippen MR) is 123 cm³/mol. The molecule has 1 aromatic heterocycles. The molecule has 31 heavy (non-hydrogen) atoms. The topological polar surface area (TPSA) is 79.0 Å². The van der Waals surface area contributed by atoms with Crippen LogP contribution in [0.2, 0.25) is 0 Å². The summed E-state index contributed by atoms with van der Waals surface area (Å²) < 4.78 is 6.13. The lowest BCUT2D eigenvalue weighted by molar-refractivity contribution is -0.117. The number of ether oxygens (including phenoxy) is 1. The minimum absolute atomic E-state index is 0.0456. The van der Waals surface area contributed by atoms with Crippen molar-refractivity contribution in [2.24, 2.45) is 0 Å². The van der Waals surface area contributed by atoms with Crippen molar-refractivity contribution in [3.8, 4) is 5.06 Å². The second-order valence-electron chi connectivity index (χ2n) is 7.99. The Labute approximate surface area is 193 Å². The van der Waals surface area contributed by atoms with Crippen molar-refractivity contribution < 1.29 is 19.1 Å². The maximum atomic E-state index is 12.9. The largest absolute Gasteiger partial charge is 0.413 e. The Hall–Kier alpha value is -2.39. The molecule has 2 aliphatic rings. The molecule has 0 bridgehead atoms. The third kappa shape index (κ3) is 4.77. The average molecular weight is 506 g/mol. The molecule has 1 aromatic carbocycles. The first-order chi connectivity index (χ1) is 14.8. The summed E-state index contributed by atoms with van der Waals surface area (Å²) in [5.41, 5.74) is 2.24. The van der Waals surface area contributed by atoms with Gasteiger partial charge in [0, 0.05) is 36.8 Å². The van der Waals surface area contributed by atoms with Crippen LogP contribution in [0.25, 0.3) is 0 Å². The number of nitrogens with zero attached hydrogens (tertiary/aromatic N) is 2. The van der Waals surface area contributed by atoms with E-state index in [0.717, 1.165) is 34.4 Å². The molecular formula is C22H24BrN3O4S. The van der Waals surface area contributed by atoms with E-state index in [1.165, 1.54) is 11.3 Å². The smallest absolute Gasteiger partial charge is 0.399 e. The summed E-state index contributed by atoms with van der Waals surface area (Å²) in [4.78, 5) is 41.1. The van der Waals surface area contributed by atoms with Gasteiger partial charge in [0.05, 0.1) is 9.83 Å². The number of likely N-dealkylation sites (tertiary alicyclic amines) is 1. The molecule has 3 heterocycles. The number of benzene rings is 1. The minimum Gasteiger partial charge on any atom is -0.399 e. The van der Waals surface area contributed by atoms with E-state index in [0.29, 0.717) is 17.2 Å². The van der Waals surface area contributed by atoms with Crippen molar-refractivity contribution in [1.29, 1.82) is 0 Å². The number of hydrogen-bond acceptors (Lipinski definition) is 5. The van der Waals surface area contributed by atoms with Gasteiger partial charge in [-0.05, 0) is 78.5 Å². The summed E-state index contributed by atoms with van der Waals surface area (Å²) in [5, 5.41) is 3.24. The zero-order valence-electron chi connectivity index (χ0n) is 17.4. The van der Waals surface area contributed by atoms with Crippen LogP contribution in [0.5, 0.6) is 5.06 Å². The van der Waals surface area contributed by atoms with Crippen LogP contribution in [-0.2, 0) is 4.79 Å². The van der Waals surface area contributed by atoms with Crippen LogP contribution in [-0.4, -0.2) is 48.0 Å². The molecule has 0 saturated carbocycles. The summed E-state index contributed by atoms with van der Waals surface area (Å²) in [6.45, 7) is 5.12. The van der Waals surface area contributed by atoms with Gasteiger partial charge in [-0.25, -0.2) is 4.79 Å². The molecule has 2 atom stereocenters. The predicted octanol–water partition coefficient (Wildman–Crippen LogP) is 4.34. The molecular weight excluding hydrogens is 482 g/mol. The third-order valence-electron chi connectivity index (χ3n) is 5.75. The van der Waals surface area contributed by atoms with E-state index in [9.17, 15) is 14.4 Å². The number of halogens is 1. The molecule has 2 unspecified atom stereocenters. The first-order valence-electron chi connectivity index (χ1n) is 10.3. The second-order valence-corrected chi connectivity index (χ2v) is 10.4. The van der Waals surface area contributed by atoms with Gasteiger partial charge >= 0.3 is 6.09 Å². The Morgan fingerprint density at radius 1 is 1.26 bits per heavy atom. The Morgan fingerprint density at radius 2 is 2.06 bits per heavy atom. The Kier molecular flexibility index (Phi) is 6.34. The van der Waals surface area contributed by atoms with Gasteiger partial charge in [0.2, 0.25) is 5.91 Å². The lowest BCUT2D eigenvalue weighted by Crippen LogP contribution is -2.38. The van der Waals surface area contributed by atoms with E-state index in [-0.39, 0.29) is 30.3 Å². The minimum atomic E-state index is -0.578. The lowest BCUT2D eigenvalue weighted by Gasteiger charge is -2.23. The van der Waals surface area contributed by atoms with E-state index in [1.54, 1.807) is 23.1 Å². The lowest BCUT2D eigenvalue weighted by atomic mass is 10.1. The molecule has 2 aliphatic heterocycles. The molecule has 3 amide bonds. The number of anilines is 1. The number of amides is 3. The molecule has 9 heteroatoms. The molecule has 0 radical (unpaired) electrons. The first-order valence-corrected chi connectivity index (χ1v) is 11.9. The number of hydrogen-bond donors (Lipinski definition) is 1. The summed E-state index contributed by atoms with van der Waals surface area (Å²) in [5.74, 6) is -0.0277. The molecule has 0 spiro atoms. The number of carbonyl (C=O) groups excluding carboxylic acids is 3. The quantitative estimate of drug-likeness (QED) is 0.670. The van der Waals surface area contributed by atoms with Crippen LogP contribution >= 0.6 is 27.3 Å². The molecule has 2 saturated heterocycles. The SMILES string of the molecule is Cc1cc(N2CC(NC(=O)Oc3ccc(Br)s3)CC2=O)ccc1C(=O)N1CCCC1C. The summed E-state index contributed by atoms with van der Waals surface area (Å²) >= 11 is 4.64. The van der Waals surface area contributed by atoms with Gasteiger partial charge < -0.3 is 19.9 Å². The van der Waals surface area contributed by atoms with Crippen molar-refractivity contribution in [3.63, 3.8) is 0 Å². The summed E-state index contributed by atoms with van der Waals surface area (Å²) in [7, 11) is 0. The first kappa shape index (κ1) is 21.8. The van der Waals surface area contributed by atoms with Crippen molar-refractivity contribution in [3.05, 3.63) is 45.2 Å². The number of nitrogens with one attached hydrogen (secondary N) is 1. The van der Waals surface area contributed by atoms with E-state index < -0.39 is 6.09 Å². The van der Waals surface area contributed by atoms with Crippen molar-refractivity contribution in [1.82, 2.24) is 10.2 Å². The monoisotopic (exact) mass is 505 g/mol. The zero-order chi connectivity index (χ0) is 22.1. The van der Waals surface area contributed by atoms with Gasteiger partial charge in [-0.1, -0.05) is 11.3 Å². The maximum Gasteiger partial charge on any atom is 0.413 e. The molecule has 4 rings (SSSR count). The maximum absolute atomic E-state index is 12.9. The van der Waals surface area contributed by atoms with Crippen LogP contribution in [0.4, 0.5) is 10.5 Å². The highest BCUT2D eigenvalue weighted by Crippen LogP contribution is 2.29. The molecule has 2 fully saturated rings. The Morgan fingerprint density at radius 3 is 2.71 bits per heavy atom. The molecule has 164 valence electrons. The number of thiophene rings is 1. The van der Waals surface area contributed by atoms with Gasteiger partial charge in [-0.2, -0.15) is 0 Å². The highest BCUT2D eigenvalue weighted by molar-refractivity contribution is 9.11. The average Bonchev–Trinajstić information content (AvgIpc) is 3.41. The van der Waals surface area contributed by atoms with Gasteiger partial charge in [0.15, 0.2) is 5.06 Å². The van der Waals surface area contributed by atoms with Crippen LogP contribution in [0.1, 0.15) is 42.1 Å². The van der Waals surface area contributed by atoms with E-state index in [1.807, 2.05) is 24.0 Å². The van der Waals surface area contributed by atoms with Gasteiger partial charge in [0.1, 0.15) is 0 Å². The normalized spacial score (nSPS) is 20.9. The standard InChI is InChI=1S/C22H24BrN3O4S/c1-13-10-16(5-6-17(13)21(28)25-9-3-4-14(25)2)26-12-15(11-19(26)27)24-22(29)30-20-8-7-18(23)31-20/h5-8,10,14-15H,3-4,9,11-12H2,1-2H3,(H,24,29). The third-order valence-corrected chi connectivity index (χ3v) is 7.26. The van der Waals surface area contributed by atoms with Crippen molar-refractivity contribution in [2.45, 2.75) is 45.2 Å². The Balaban J connectivity index is 1.40. The fourth-order valence-corrected chi connectivity index (χ4v) is 5.33. The molecule has 0 aliphatic carbocycles. The zero-order valence-corrected chi connectivity index (χ0v) is 19.8. The van der Waals surface area contributed by atoms with E-state index in [4.69, 9.17) is 4.74 Å². The molecule has 1 N–H and O–H groups in total. The highest BCUT2D eigenvalue weighted by Gasteiger charge is 2.33. The number of aryl methyl sites for hydroxylation is 1. The van der Waals surface area contributed by atoms with Crippen LogP contribution in [0.15, 0.2) is 34.1 Å². The molecule has 7 nitrogen and oxygen atoms in total. The second kappa shape index (κ2) is 9.00. The van der Waals surface area contributed by atoms with Crippen molar-refractivity contribution in [2.75, 3.05) is 18.0 Å². The summed E-state index contributed by atoms with van der Waals surface area (Å²) in [6.07, 6.45) is 1.69. The van der Waals surface area contributed by atoms with E-state index in [2.05, 4.69) is 28.2 Å². The van der Waals surface area contributed by atoms with Gasteiger partial charge in [-0.3, -0.25) is 9.59 Å². The number of rotatable bonds is 4.